The lowest BCUT2D eigenvalue weighted by molar-refractivity contribution is 0.669. The molecule has 0 amide bonds. The van der Waals surface area contributed by atoms with Gasteiger partial charge >= 0.3 is 0 Å². The second kappa shape index (κ2) is 5.95. The Morgan fingerprint density at radius 3 is 1.69 bits per heavy atom. The average molecular weight is 502 g/mol. The molecule has 0 bridgehead atoms. The normalized spacial score (nSPS) is 13.1. The van der Waals surface area contributed by atoms with Gasteiger partial charge in [-0.25, -0.2) is 14.4 Å². The van der Waals surface area contributed by atoms with Crippen LogP contribution < -0.4 is 0 Å². The molecular weight excluding hydrogens is 486 g/mol. The lowest BCUT2D eigenvalue weighted by Crippen LogP contribution is -1.87. The Kier molecular flexibility index (Phi) is 2.84. The van der Waals surface area contributed by atoms with E-state index in [4.69, 9.17) is 18.8 Å². The van der Waals surface area contributed by atoms with Gasteiger partial charge in [0.1, 0.15) is 27.8 Å². The standard InChI is InChI=1S/C32H15N5O2/c1-3-10-26-16(6-1)18-12-20-25(15-29(18)39-26)36-23-9-5-8-22-30(23)37(31(36)33-20)32-34-21-14-28-19(13-24(21)35(22)32)17-7-2-4-11-27(17)38-28/h1-15H. The predicted molar refractivity (Wildman–Crippen MR) is 153 cm³/mol. The molecular formula is C32H15N5O2. The fourth-order valence-corrected chi connectivity index (χ4v) is 6.74. The number of rotatable bonds is 0. The first-order valence-electron chi connectivity index (χ1n) is 12.9. The maximum Gasteiger partial charge on any atom is 0.223 e. The highest BCUT2D eigenvalue weighted by atomic mass is 16.3. The van der Waals surface area contributed by atoms with Crippen molar-refractivity contribution in [3.63, 3.8) is 0 Å². The van der Waals surface area contributed by atoms with E-state index in [1.165, 1.54) is 0 Å². The SMILES string of the molecule is c1ccc2c(c1)oc1cc3c(cc12)nc1n3c2cccc3c2n1c1nc2cc4oc5ccccc5c4cc2n31. The Balaban J connectivity index is 1.33. The maximum absolute atomic E-state index is 6.22. The predicted octanol–water partition coefficient (Wildman–Crippen LogP) is 7.93. The zero-order valence-corrected chi connectivity index (χ0v) is 20.2. The molecule has 5 aromatic carbocycles. The van der Waals surface area contributed by atoms with Gasteiger partial charge in [0, 0.05) is 33.7 Å². The third-order valence-electron chi connectivity index (χ3n) is 8.37. The number of benzene rings is 5. The number of hydrogen-bond donors (Lipinski definition) is 0. The summed E-state index contributed by atoms with van der Waals surface area (Å²) in [7, 11) is 0. The largest absolute Gasteiger partial charge is 0.456 e. The number of fused-ring (bicyclic) bond motifs is 16. The molecule has 39 heavy (non-hydrogen) atoms. The van der Waals surface area contributed by atoms with E-state index in [1.807, 2.05) is 36.4 Å². The molecule has 7 heteroatoms. The van der Waals surface area contributed by atoms with Crippen LogP contribution in [-0.2, 0) is 0 Å². The van der Waals surface area contributed by atoms with Gasteiger partial charge in [-0.1, -0.05) is 42.5 Å². The fraction of sp³-hybridized carbons (Fsp3) is 0. The Morgan fingerprint density at radius 2 is 1.00 bits per heavy atom. The second-order valence-electron chi connectivity index (χ2n) is 10.3. The quantitative estimate of drug-likeness (QED) is 0.212. The summed E-state index contributed by atoms with van der Waals surface area (Å²) in [5, 5.41) is 4.38. The van der Waals surface area contributed by atoms with E-state index in [9.17, 15) is 0 Å². The minimum absolute atomic E-state index is 0.840. The minimum Gasteiger partial charge on any atom is -0.456 e. The van der Waals surface area contributed by atoms with Gasteiger partial charge in [0.05, 0.1) is 33.1 Å². The van der Waals surface area contributed by atoms with Crippen LogP contribution in [0, 0.1) is 0 Å². The first kappa shape index (κ1) is 18.6. The first-order chi connectivity index (χ1) is 19.3. The van der Waals surface area contributed by atoms with E-state index >= 15 is 0 Å². The summed E-state index contributed by atoms with van der Waals surface area (Å²) < 4.78 is 19.0. The van der Waals surface area contributed by atoms with Crippen LogP contribution in [0.5, 0.6) is 0 Å². The molecule has 0 unspecified atom stereocenters. The molecule has 0 atom stereocenters. The van der Waals surface area contributed by atoms with Crippen LogP contribution in [0.25, 0.3) is 94.0 Å². The van der Waals surface area contributed by atoms with Crippen molar-refractivity contribution in [1.29, 1.82) is 0 Å². The zero-order valence-electron chi connectivity index (χ0n) is 20.2. The number of furan rings is 2. The van der Waals surface area contributed by atoms with E-state index in [1.54, 1.807) is 0 Å². The Bertz CT molecular complexity index is 2830. The molecule has 0 spiro atoms. The van der Waals surface area contributed by atoms with Crippen LogP contribution in [0.2, 0.25) is 0 Å². The van der Waals surface area contributed by atoms with Crippen LogP contribution in [0.3, 0.4) is 0 Å². The fourth-order valence-electron chi connectivity index (χ4n) is 6.74. The Morgan fingerprint density at radius 1 is 0.436 bits per heavy atom. The highest BCUT2D eigenvalue weighted by Gasteiger charge is 2.24. The van der Waals surface area contributed by atoms with Gasteiger partial charge in [-0.15, -0.1) is 0 Å². The Hall–Kier alpha value is -5.56. The van der Waals surface area contributed by atoms with Crippen LogP contribution in [0.1, 0.15) is 0 Å². The lowest BCUT2D eigenvalue weighted by Gasteiger charge is -1.98. The van der Waals surface area contributed by atoms with Gasteiger partial charge < -0.3 is 8.83 Å². The number of imidazole rings is 4. The smallest absolute Gasteiger partial charge is 0.223 e. The van der Waals surface area contributed by atoms with Gasteiger partial charge in [0.25, 0.3) is 0 Å². The molecule has 0 aliphatic carbocycles. The maximum atomic E-state index is 6.22. The molecule has 11 aromatic rings. The molecule has 6 heterocycles. The number of aromatic nitrogens is 5. The zero-order chi connectivity index (χ0) is 25.0. The molecule has 0 saturated carbocycles. The molecule has 7 nitrogen and oxygen atoms in total. The van der Waals surface area contributed by atoms with E-state index in [-0.39, 0.29) is 0 Å². The average Bonchev–Trinajstić information content (AvgIpc) is 3.77. The summed E-state index contributed by atoms with van der Waals surface area (Å²) in [5.74, 6) is 1.68. The summed E-state index contributed by atoms with van der Waals surface area (Å²) in [5.41, 5.74) is 10.7. The van der Waals surface area contributed by atoms with E-state index < -0.39 is 0 Å². The van der Waals surface area contributed by atoms with Crippen molar-refractivity contribution >= 4 is 94.0 Å². The van der Waals surface area contributed by atoms with Gasteiger partial charge in [-0.2, -0.15) is 0 Å². The van der Waals surface area contributed by atoms with E-state index in [0.29, 0.717) is 0 Å². The highest BCUT2D eigenvalue weighted by molar-refractivity contribution is 6.12. The molecule has 11 rings (SSSR count). The van der Waals surface area contributed by atoms with Gasteiger partial charge in [0.2, 0.25) is 11.6 Å². The Labute approximate surface area is 217 Å². The summed E-state index contributed by atoms with van der Waals surface area (Å²) in [4.78, 5) is 10.3. The topological polar surface area (TPSA) is 65.3 Å². The molecule has 0 aliphatic rings. The minimum atomic E-state index is 0.840. The second-order valence-corrected chi connectivity index (χ2v) is 10.3. The monoisotopic (exact) mass is 501 g/mol. The number of para-hydroxylation sites is 3. The summed E-state index contributed by atoms with van der Waals surface area (Å²) in [6.07, 6.45) is 0. The van der Waals surface area contributed by atoms with Gasteiger partial charge in [-0.05, 0) is 36.4 Å². The van der Waals surface area contributed by atoms with E-state index in [0.717, 1.165) is 94.0 Å². The van der Waals surface area contributed by atoms with E-state index in [2.05, 4.69) is 67.8 Å². The van der Waals surface area contributed by atoms with Crippen molar-refractivity contribution in [2.75, 3.05) is 0 Å². The first-order valence-corrected chi connectivity index (χ1v) is 12.9. The molecule has 0 saturated heterocycles. The van der Waals surface area contributed by atoms with Crippen LogP contribution in [0.15, 0.2) is 99.8 Å². The van der Waals surface area contributed by atoms with Crippen molar-refractivity contribution in [1.82, 2.24) is 23.2 Å². The van der Waals surface area contributed by atoms with Crippen molar-refractivity contribution in [2.24, 2.45) is 0 Å². The van der Waals surface area contributed by atoms with Crippen LogP contribution in [0.4, 0.5) is 0 Å². The summed E-state index contributed by atoms with van der Waals surface area (Å²) in [6.45, 7) is 0. The molecule has 6 aromatic heterocycles. The molecule has 0 N–H and O–H groups in total. The van der Waals surface area contributed by atoms with Crippen molar-refractivity contribution < 1.29 is 8.83 Å². The van der Waals surface area contributed by atoms with Gasteiger partial charge in [-0.3, -0.25) is 8.80 Å². The molecule has 0 aliphatic heterocycles. The number of nitrogens with zero attached hydrogens (tertiary/aromatic N) is 5. The van der Waals surface area contributed by atoms with Crippen LogP contribution in [-0.4, -0.2) is 23.2 Å². The molecule has 180 valence electrons. The third kappa shape index (κ3) is 2.01. The molecule has 0 radical (unpaired) electrons. The van der Waals surface area contributed by atoms with Crippen molar-refractivity contribution in [3.05, 3.63) is 91.0 Å². The van der Waals surface area contributed by atoms with Crippen molar-refractivity contribution in [2.45, 2.75) is 0 Å². The summed E-state index contributed by atoms with van der Waals surface area (Å²) in [6, 6.07) is 31.3. The highest BCUT2D eigenvalue weighted by Crippen LogP contribution is 2.38. The molecule has 0 fully saturated rings. The number of hydrogen-bond acceptors (Lipinski definition) is 4. The van der Waals surface area contributed by atoms with Crippen molar-refractivity contribution in [3.8, 4) is 0 Å². The van der Waals surface area contributed by atoms with Crippen LogP contribution >= 0.6 is 0 Å². The van der Waals surface area contributed by atoms with Gasteiger partial charge in [0.15, 0.2) is 0 Å². The lowest BCUT2D eigenvalue weighted by atomic mass is 10.1. The summed E-state index contributed by atoms with van der Waals surface area (Å²) >= 11 is 0. The third-order valence-corrected chi connectivity index (χ3v) is 8.37.